The summed E-state index contributed by atoms with van der Waals surface area (Å²) in [6, 6.07) is 9.57. The molecule has 0 fully saturated rings. The van der Waals surface area contributed by atoms with E-state index >= 15 is 0 Å². The highest BCUT2D eigenvalue weighted by molar-refractivity contribution is 5.98. The molecule has 1 aliphatic heterocycles. The second-order valence-corrected chi connectivity index (χ2v) is 4.68. The third-order valence-electron chi connectivity index (χ3n) is 3.13. The first-order chi connectivity index (χ1) is 9.72. The zero-order chi connectivity index (χ0) is 13.9. The number of pyridine rings is 1. The van der Waals surface area contributed by atoms with E-state index in [1.807, 2.05) is 36.5 Å². The van der Waals surface area contributed by atoms with Crippen LogP contribution in [0.4, 0.5) is 11.4 Å². The molecular weight excluding hydrogens is 254 g/mol. The lowest BCUT2D eigenvalue weighted by atomic mass is 10.2. The van der Waals surface area contributed by atoms with Crippen LogP contribution in [-0.2, 0) is 11.3 Å². The monoisotopic (exact) mass is 269 g/mol. The minimum atomic E-state index is -0.447. The highest BCUT2D eigenvalue weighted by Gasteiger charge is 2.23. The molecular formula is C15H15N3O2. The summed E-state index contributed by atoms with van der Waals surface area (Å²) in [4.78, 5) is 15.7. The summed E-state index contributed by atoms with van der Waals surface area (Å²) in [5, 5.41) is 6.12. The van der Waals surface area contributed by atoms with Gasteiger partial charge in [0, 0.05) is 24.6 Å². The maximum Gasteiger partial charge on any atom is 0.265 e. The van der Waals surface area contributed by atoms with Gasteiger partial charge in [-0.1, -0.05) is 6.07 Å². The molecule has 1 aliphatic rings. The first-order valence-electron chi connectivity index (χ1n) is 6.47. The Kier molecular flexibility index (Phi) is 3.25. The molecule has 0 radical (unpaired) electrons. The predicted octanol–water partition coefficient (Wildman–Crippen LogP) is 2.41. The Morgan fingerprint density at radius 1 is 1.40 bits per heavy atom. The van der Waals surface area contributed by atoms with Crippen molar-refractivity contribution in [3.05, 3.63) is 48.3 Å². The fourth-order valence-electron chi connectivity index (χ4n) is 2.03. The smallest absolute Gasteiger partial charge is 0.265 e. The van der Waals surface area contributed by atoms with Gasteiger partial charge in [0.05, 0.1) is 5.69 Å². The van der Waals surface area contributed by atoms with E-state index < -0.39 is 6.10 Å². The number of anilines is 2. The quantitative estimate of drug-likeness (QED) is 0.898. The van der Waals surface area contributed by atoms with Crippen LogP contribution in [0.25, 0.3) is 0 Å². The summed E-state index contributed by atoms with van der Waals surface area (Å²) in [6.07, 6.45) is 3.12. The lowest BCUT2D eigenvalue weighted by Crippen LogP contribution is -2.34. The Morgan fingerprint density at radius 2 is 2.30 bits per heavy atom. The largest absolute Gasteiger partial charge is 0.479 e. The van der Waals surface area contributed by atoms with Crippen molar-refractivity contribution in [1.82, 2.24) is 4.98 Å². The third-order valence-corrected chi connectivity index (χ3v) is 3.13. The van der Waals surface area contributed by atoms with Gasteiger partial charge in [-0.2, -0.15) is 0 Å². The third kappa shape index (κ3) is 2.56. The number of nitrogens with one attached hydrogen (secondary N) is 2. The number of hydrogen-bond donors (Lipinski definition) is 2. The molecule has 1 aromatic heterocycles. The average Bonchev–Trinajstić information content (AvgIpc) is 2.47. The Morgan fingerprint density at radius 3 is 3.10 bits per heavy atom. The summed E-state index contributed by atoms with van der Waals surface area (Å²) in [5.74, 6) is 0.575. The molecule has 2 aromatic rings. The van der Waals surface area contributed by atoms with E-state index in [1.165, 1.54) is 0 Å². The van der Waals surface area contributed by atoms with Crippen LogP contribution in [0.3, 0.4) is 0 Å². The van der Waals surface area contributed by atoms with Gasteiger partial charge in [0.15, 0.2) is 6.10 Å². The second-order valence-electron chi connectivity index (χ2n) is 4.68. The summed E-state index contributed by atoms with van der Waals surface area (Å²) in [5.41, 5.74) is 2.72. The van der Waals surface area contributed by atoms with Crippen molar-refractivity contribution in [2.45, 2.75) is 19.6 Å². The van der Waals surface area contributed by atoms with E-state index in [-0.39, 0.29) is 5.91 Å². The van der Waals surface area contributed by atoms with E-state index in [0.717, 1.165) is 11.3 Å². The minimum absolute atomic E-state index is 0.123. The van der Waals surface area contributed by atoms with Crippen LogP contribution in [0.1, 0.15) is 12.5 Å². The zero-order valence-electron chi connectivity index (χ0n) is 11.1. The molecule has 0 aliphatic carbocycles. The molecule has 3 rings (SSSR count). The number of amides is 1. The van der Waals surface area contributed by atoms with Crippen molar-refractivity contribution in [2.24, 2.45) is 0 Å². The zero-order valence-corrected chi connectivity index (χ0v) is 11.1. The Bertz CT molecular complexity index is 628. The Balaban J connectivity index is 1.73. The molecule has 0 spiro atoms. The summed E-state index contributed by atoms with van der Waals surface area (Å²) in [6.45, 7) is 2.41. The lowest BCUT2D eigenvalue weighted by Gasteiger charge is -2.23. The molecule has 0 saturated carbocycles. The number of rotatable bonds is 3. The average molecular weight is 269 g/mol. The van der Waals surface area contributed by atoms with Crippen LogP contribution in [0, 0.1) is 0 Å². The molecule has 1 amide bonds. The molecule has 1 unspecified atom stereocenters. The molecule has 0 bridgehead atoms. The van der Waals surface area contributed by atoms with E-state index in [4.69, 9.17) is 4.74 Å². The van der Waals surface area contributed by atoms with Gasteiger partial charge in [0.25, 0.3) is 5.91 Å². The van der Waals surface area contributed by atoms with Crippen LogP contribution >= 0.6 is 0 Å². The summed E-state index contributed by atoms with van der Waals surface area (Å²) >= 11 is 0. The topological polar surface area (TPSA) is 63.2 Å². The van der Waals surface area contributed by atoms with Gasteiger partial charge in [-0.25, -0.2) is 0 Å². The van der Waals surface area contributed by atoms with Crippen LogP contribution in [0.15, 0.2) is 42.7 Å². The van der Waals surface area contributed by atoms with Gasteiger partial charge in [0.1, 0.15) is 5.75 Å². The molecule has 1 aromatic carbocycles. The number of aromatic nitrogens is 1. The number of hydrogen-bond acceptors (Lipinski definition) is 4. The second kappa shape index (κ2) is 5.21. The normalized spacial score (nSPS) is 16.9. The van der Waals surface area contributed by atoms with Crippen molar-refractivity contribution in [3.8, 4) is 5.75 Å². The van der Waals surface area contributed by atoms with Crippen LogP contribution < -0.4 is 15.4 Å². The number of nitrogens with zero attached hydrogens (tertiary/aromatic N) is 1. The van der Waals surface area contributed by atoms with Crippen molar-refractivity contribution in [2.75, 3.05) is 10.6 Å². The van der Waals surface area contributed by atoms with E-state index in [9.17, 15) is 4.79 Å². The van der Waals surface area contributed by atoms with Crippen molar-refractivity contribution >= 4 is 17.3 Å². The van der Waals surface area contributed by atoms with Gasteiger partial charge >= 0.3 is 0 Å². The van der Waals surface area contributed by atoms with Gasteiger partial charge in [-0.3, -0.25) is 9.78 Å². The molecule has 5 nitrogen and oxygen atoms in total. The fourth-order valence-corrected chi connectivity index (χ4v) is 2.03. The summed E-state index contributed by atoms with van der Waals surface area (Å²) < 4.78 is 5.51. The molecule has 2 N–H and O–H groups in total. The Hall–Kier alpha value is -2.56. The fraction of sp³-hybridized carbons (Fsp3) is 0.200. The number of carbonyl (C=O) groups is 1. The van der Waals surface area contributed by atoms with Crippen molar-refractivity contribution < 1.29 is 9.53 Å². The van der Waals surface area contributed by atoms with E-state index in [0.29, 0.717) is 18.0 Å². The van der Waals surface area contributed by atoms with Gasteiger partial charge in [0.2, 0.25) is 0 Å². The molecule has 20 heavy (non-hydrogen) atoms. The van der Waals surface area contributed by atoms with Crippen LogP contribution in [0.2, 0.25) is 0 Å². The molecule has 0 saturated heterocycles. The Labute approximate surface area is 117 Å². The first-order valence-corrected chi connectivity index (χ1v) is 6.47. The SMILES string of the molecule is CC1Oc2ccc(NCc3cccnc3)cc2NC1=O. The van der Waals surface area contributed by atoms with Gasteiger partial charge in [-0.15, -0.1) is 0 Å². The highest BCUT2D eigenvalue weighted by Crippen LogP contribution is 2.32. The van der Waals surface area contributed by atoms with E-state index in [1.54, 1.807) is 13.1 Å². The number of ether oxygens (including phenoxy) is 1. The molecule has 1 atom stereocenters. The minimum Gasteiger partial charge on any atom is -0.479 e. The highest BCUT2D eigenvalue weighted by atomic mass is 16.5. The van der Waals surface area contributed by atoms with Crippen molar-refractivity contribution in [1.29, 1.82) is 0 Å². The first kappa shape index (κ1) is 12.5. The maximum absolute atomic E-state index is 11.6. The van der Waals surface area contributed by atoms with Gasteiger partial charge in [-0.05, 0) is 36.8 Å². The number of carbonyl (C=O) groups excluding carboxylic acids is 1. The van der Waals surface area contributed by atoms with Gasteiger partial charge < -0.3 is 15.4 Å². The van der Waals surface area contributed by atoms with E-state index in [2.05, 4.69) is 15.6 Å². The lowest BCUT2D eigenvalue weighted by molar-refractivity contribution is -0.122. The number of fused-ring (bicyclic) bond motifs is 1. The summed E-state index contributed by atoms with van der Waals surface area (Å²) in [7, 11) is 0. The van der Waals surface area contributed by atoms with Crippen molar-refractivity contribution in [3.63, 3.8) is 0 Å². The molecule has 2 heterocycles. The standard InChI is InChI=1S/C15H15N3O2/c1-10-15(19)18-13-7-12(4-5-14(13)20-10)17-9-11-3-2-6-16-8-11/h2-8,10,17H,9H2,1H3,(H,18,19). The predicted molar refractivity (Wildman–Crippen MR) is 76.7 cm³/mol. The molecule has 102 valence electrons. The number of benzene rings is 1. The van der Waals surface area contributed by atoms with Crippen LogP contribution in [0.5, 0.6) is 5.75 Å². The van der Waals surface area contributed by atoms with Crippen LogP contribution in [-0.4, -0.2) is 17.0 Å². The maximum atomic E-state index is 11.6. The molecule has 5 heteroatoms.